The van der Waals surface area contributed by atoms with Crippen molar-refractivity contribution in [1.82, 2.24) is 24.7 Å². The third kappa shape index (κ3) is 4.14. The summed E-state index contributed by atoms with van der Waals surface area (Å²) < 4.78 is 1.70. The highest BCUT2D eigenvalue weighted by molar-refractivity contribution is 5.67. The number of aryl methyl sites for hydroxylation is 1. The van der Waals surface area contributed by atoms with Gasteiger partial charge in [0.05, 0.1) is 6.54 Å². The van der Waals surface area contributed by atoms with Crippen molar-refractivity contribution in [1.29, 1.82) is 0 Å². The normalized spacial score (nSPS) is 12.1. The molecule has 0 saturated carbocycles. The van der Waals surface area contributed by atoms with Gasteiger partial charge < -0.3 is 16.2 Å². The van der Waals surface area contributed by atoms with Crippen molar-refractivity contribution in [3.8, 4) is 0 Å². The van der Waals surface area contributed by atoms with Crippen LogP contribution in [0, 0.1) is 6.92 Å². The van der Waals surface area contributed by atoms with E-state index < -0.39 is 5.97 Å². The average Bonchev–Trinajstić information content (AvgIpc) is 2.89. The summed E-state index contributed by atoms with van der Waals surface area (Å²) in [4.78, 5) is 23.0. The lowest BCUT2D eigenvalue weighted by atomic mass is 10.1. The Morgan fingerprint density at radius 2 is 2.27 bits per heavy atom. The van der Waals surface area contributed by atoms with Crippen LogP contribution in [0.15, 0.2) is 12.7 Å². The zero-order chi connectivity index (χ0) is 16.1. The molecule has 2 aromatic heterocycles. The van der Waals surface area contributed by atoms with Crippen LogP contribution in [0.3, 0.4) is 0 Å². The summed E-state index contributed by atoms with van der Waals surface area (Å²) in [5, 5.41) is 16.1. The van der Waals surface area contributed by atoms with E-state index >= 15 is 0 Å². The minimum atomic E-state index is -0.863. The minimum Gasteiger partial charge on any atom is -0.481 e. The number of carboxylic acid groups (broad SMARTS) is 1. The van der Waals surface area contributed by atoms with Crippen LogP contribution in [-0.4, -0.2) is 41.9 Å². The first-order chi connectivity index (χ1) is 10.5. The Balaban J connectivity index is 2.15. The van der Waals surface area contributed by atoms with Crippen LogP contribution >= 0.6 is 0 Å². The second-order valence-corrected chi connectivity index (χ2v) is 5.05. The molecule has 0 aliphatic heterocycles. The maximum atomic E-state index is 10.8. The second-order valence-electron chi connectivity index (χ2n) is 5.05. The maximum Gasteiger partial charge on any atom is 0.303 e. The van der Waals surface area contributed by atoms with E-state index in [-0.39, 0.29) is 18.4 Å². The van der Waals surface area contributed by atoms with Gasteiger partial charge in [-0.3, -0.25) is 9.48 Å². The average molecular weight is 305 g/mol. The summed E-state index contributed by atoms with van der Waals surface area (Å²) in [5.41, 5.74) is 7.14. The summed E-state index contributed by atoms with van der Waals surface area (Å²) in [6, 6.07) is 0.0129. The topological polar surface area (TPSA) is 132 Å². The highest BCUT2D eigenvalue weighted by Crippen LogP contribution is 2.20. The monoisotopic (exact) mass is 305 g/mol. The van der Waals surface area contributed by atoms with Crippen LogP contribution in [0.4, 0.5) is 11.8 Å². The third-order valence-corrected chi connectivity index (χ3v) is 3.13. The smallest absolute Gasteiger partial charge is 0.303 e. The van der Waals surface area contributed by atoms with Gasteiger partial charge in [0, 0.05) is 23.7 Å². The van der Waals surface area contributed by atoms with Gasteiger partial charge in [-0.25, -0.2) is 9.97 Å². The molecule has 0 bridgehead atoms. The number of carbonyl (C=O) groups is 1. The number of nitrogen functional groups attached to an aromatic ring is 1. The number of hydrogen-bond donors (Lipinski definition) is 3. The molecule has 0 aliphatic rings. The standard InChI is InChI=1S/C13H19N7O2/c1-8(5-20-7-15-6-16-20)17-12-10(3-4-11(21)22)9(2)18-13(14)19-12/h6-8H,3-5H2,1-2H3,(H,21,22)(H3,14,17,18,19)/t8-/m0/s1. The first-order valence-corrected chi connectivity index (χ1v) is 6.89. The number of aromatic nitrogens is 5. The van der Waals surface area contributed by atoms with Crippen LogP contribution in [-0.2, 0) is 17.8 Å². The molecule has 0 aromatic carbocycles. The largest absolute Gasteiger partial charge is 0.481 e. The fourth-order valence-electron chi connectivity index (χ4n) is 2.15. The Kier molecular flexibility index (Phi) is 4.87. The van der Waals surface area contributed by atoms with Gasteiger partial charge >= 0.3 is 5.97 Å². The first kappa shape index (κ1) is 15.7. The molecule has 22 heavy (non-hydrogen) atoms. The van der Waals surface area contributed by atoms with E-state index in [4.69, 9.17) is 10.8 Å². The van der Waals surface area contributed by atoms with Crippen molar-refractivity contribution in [3.05, 3.63) is 23.9 Å². The number of rotatable bonds is 7. The van der Waals surface area contributed by atoms with Crippen molar-refractivity contribution in [2.45, 2.75) is 39.3 Å². The van der Waals surface area contributed by atoms with Crippen LogP contribution < -0.4 is 11.1 Å². The van der Waals surface area contributed by atoms with E-state index in [2.05, 4.69) is 25.4 Å². The molecule has 2 heterocycles. The van der Waals surface area contributed by atoms with Gasteiger partial charge in [0.1, 0.15) is 18.5 Å². The van der Waals surface area contributed by atoms with E-state index in [1.807, 2.05) is 6.92 Å². The Hall–Kier alpha value is -2.71. The predicted octanol–water partition coefficient (Wildman–Crippen LogP) is 0.477. The van der Waals surface area contributed by atoms with E-state index in [9.17, 15) is 4.79 Å². The molecule has 1 atom stereocenters. The van der Waals surface area contributed by atoms with E-state index in [0.717, 1.165) is 5.56 Å². The molecular formula is C13H19N7O2. The molecule has 0 spiro atoms. The number of hydrogen-bond acceptors (Lipinski definition) is 7. The van der Waals surface area contributed by atoms with Crippen molar-refractivity contribution in [2.24, 2.45) is 0 Å². The van der Waals surface area contributed by atoms with Crippen molar-refractivity contribution < 1.29 is 9.90 Å². The molecule has 0 saturated heterocycles. The lowest BCUT2D eigenvalue weighted by Crippen LogP contribution is -2.24. The van der Waals surface area contributed by atoms with Gasteiger partial charge in [0.25, 0.3) is 0 Å². The van der Waals surface area contributed by atoms with E-state index in [1.165, 1.54) is 6.33 Å². The van der Waals surface area contributed by atoms with Gasteiger partial charge in [-0.1, -0.05) is 0 Å². The lowest BCUT2D eigenvalue weighted by molar-refractivity contribution is -0.136. The molecule has 2 rings (SSSR count). The zero-order valence-corrected chi connectivity index (χ0v) is 12.5. The number of nitrogens with two attached hydrogens (primary N) is 1. The van der Waals surface area contributed by atoms with Gasteiger partial charge in [-0.15, -0.1) is 0 Å². The molecule has 0 fully saturated rings. The summed E-state index contributed by atoms with van der Waals surface area (Å²) in [5.74, 6) is -0.135. The summed E-state index contributed by atoms with van der Waals surface area (Å²) >= 11 is 0. The minimum absolute atomic E-state index is 0.0129. The quantitative estimate of drug-likeness (QED) is 0.672. The summed E-state index contributed by atoms with van der Waals surface area (Å²) in [6.07, 6.45) is 3.46. The molecule has 9 heteroatoms. The second kappa shape index (κ2) is 6.83. The van der Waals surface area contributed by atoms with Gasteiger partial charge in [0.2, 0.25) is 5.95 Å². The van der Waals surface area contributed by atoms with Crippen LogP contribution in [0.2, 0.25) is 0 Å². The maximum absolute atomic E-state index is 10.8. The zero-order valence-electron chi connectivity index (χ0n) is 12.5. The van der Waals surface area contributed by atoms with Crippen LogP contribution in [0.1, 0.15) is 24.6 Å². The van der Waals surface area contributed by atoms with Gasteiger partial charge in [-0.2, -0.15) is 10.1 Å². The molecule has 0 amide bonds. The Bertz CT molecular complexity index is 642. The van der Waals surface area contributed by atoms with E-state index in [1.54, 1.807) is 17.9 Å². The number of carboxylic acids is 1. The summed E-state index contributed by atoms with van der Waals surface area (Å²) in [6.45, 7) is 4.36. The molecule has 2 aromatic rings. The highest BCUT2D eigenvalue weighted by Gasteiger charge is 2.14. The fraction of sp³-hybridized carbons (Fsp3) is 0.462. The van der Waals surface area contributed by atoms with Crippen molar-refractivity contribution in [3.63, 3.8) is 0 Å². The Labute approximate surface area is 127 Å². The molecule has 9 nitrogen and oxygen atoms in total. The first-order valence-electron chi connectivity index (χ1n) is 6.89. The van der Waals surface area contributed by atoms with Crippen LogP contribution in [0.25, 0.3) is 0 Å². The highest BCUT2D eigenvalue weighted by atomic mass is 16.4. The third-order valence-electron chi connectivity index (χ3n) is 3.13. The number of nitrogens with one attached hydrogen (secondary N) is 1. The van der Waals surface area contributed by atoms with Crippen molar-refractivity contribution >= 4 is 17.7 Å². The molecule has 0 aliphatic carbocycles. The number of aliphatic carboxylic acids is 1. The number of nitrogens with zero attached hydrogens (tertiary/aromatic N) is 5. The van der Waals surface area contributed by atoms with Gasteiger partial charge in [0.15, 0.2) is 0 Å². The molecule has 0 unspecified atom stereocenters. The predicted molar refractivity (Wildman–Crippen MR) is 80.2 cm³/mol. The summed E-state index contributed by atoms with van der Waals surface area (Å²) in [7, 11) is 0. The molecule has 4 N–H and O–H groups in total. The lowest BCUT2D eigenvalue weighted by Gasteiger charge is -2.18. The Morgan fingerprint density at radius 1 is 1.50 bits per heavy atom. The molecular weight excluding hydrogens is 286 g/mol. The SMILES string of the molecule is Cc1nc(N)nc(N[C@@H](C)Cn2cncn2)c1CCC(=O)O. The molecule has 118 valence electrons. The van der Waals surface area contributed by atoms with Crippen LogP contribution in [0.5, 0.6) is 0 Å². The van der Waals surface area contributed by atoms with Crippen molar-refractivity contribution in [2.75, 3.05) is 11.1 Å². The molecule has 0 radical (unpaired) electrons. The van der Waals surface area contributed by atoms with E-state index in [0.29, 0.717) is 24.5 Å². The number of anilines is 2. The van der Waals surface area contributed by atoms with Gasteiger partial charge in [-0.05, 0) is 20.3 Å². The fourth-order valence-corrected chi connectivity index (χ4v) is 2.15. The Morgan fingerprint density at radius 3 is 2.91 bits per heavy atom.